The highest BCUT2D eigenvalue weighted by molar-refractivity contribution is 7.92. The summed E-state index contributed by atoms with van der Waals surface area (Å²) in [5, 5.41) is 0. The molecule has 1 heterocycles. The fourth-order valence-electron chi connectivity index (χ4n) is 3.88. The number of hydrogen-bond acceptors (Lipinski definition) is 5. The second-order valence-electron chi connectivity index (χ2n) is 8.07. The molecule has 9 heteroatoms. The maximum Gasteiger partial charge on any atom is 0.261 e. The molecule has 178 valence electrons. The Morgan fingerprint density at radius 1 is 0.971 bits per heavy atom. The SMILES string of the molecule is COc1cccc(N2CCN(C(=O)c3cc(S(=O)(=O)Nc4ccc(F)cc4)ccc3C)CC2)c1. The van der Waals surface area contributed by atoms with Crippen LogP contribution in [0.25, 0.3) is 0 Å². The maximum atomic E-state index is 13.3. The third-order valence-corrected chi connectivity index (χ3v) is 7.21. The molecule has 0 atom stereocenters. The van der Waals surface area contributed by atoms with Crippen molar-refractivity contribution in [2.24, 2.45) is 0 Å². The number of carbonyl (C=O) groups excluding carboxylic acids is 1. The van der Waals surface area contributed by atoms with E-state index < -0.39 is 15.8 Å². The topological polar surface area (TPSA) is 79.0 Å². The van der Waals surface area contributed by atoms with E-state index in [1.54, 1.807) is 25.0 Å². The first kappa shape index (κ1) is 23.6. The molecular formula is C25H26FN3O4S. The van der Waals surface area contributed by atoms with E-state index in [1.165, 1.54) is 36.4 Å². The summed E-state index contributed by atoms with van der Waals surface area (Å²) in [5.74, 6) is 0.109. The van der Waals surface area contributed by atoms with Gasteiger partial charge in [-0.1, -0.05) is 12.1 Å². The molecule has 1 fully saturated rings. The van der Waals surface area contributed by atoms with Gasteiger partial charge in [0.2, 0.25) is 0 Å². The highest BCUT2D eigenvalue weighted by Gasteiger charge is 2.25. The molecule has 0 radical (unpaired) electrons. The van der Waals surface area contributed by atoms with Crippen LogP contribution in [-0.2, 0) is 10.0 Å². The van der Waals surface area contributed by atoms with Gasteiger partial charge < -0.3 is 14.5 Å². The quantitative estimate of drug-likeness (QED) is 0.575. The summed E-state index contributed by atoms with van der Waals surface area (Å²) in [4.78, 5) is 17.2. The number of hydrogen-bond donors (Lipinski definition) is 1. The third-order valence-electron chi connectivity index (χ3n) is 5.83. The van der Waals surface area contributed by atoms with Crippen molar-refractivity contribution in [3.8, 4) is 5.75 Å². The number of ether oxygens (including phenoxy) is 1. The Bertz CT molecular complexity index is 1290. The Hall–Kier alpha value is -3.59. The van der Waals surface area contributed by atoms with E-state index in [2.05, 4.69) is 9.62 Å². The number of sulfonamides is 1. The van der Waals surface area contributed by atoms with Crippen LogP contribution in [0.1, 0.15) is 15.9 Å². The fourth-order valence-corrected chi connectivity index (χ4v) is 4.96. The molecule has 1 saturated heterocycles. The Kier molecular flexibility index (Phi) is 6.74. The van der Waals surface area contributed by atoms with Gasteiger partial charge in [-0.05, 0) is 61.0 Å². The van der Waals surface area contributed by atoms with Crippen molar-refractivity contribution < 1.29 is 22.3 Å². The Morgan fingerprint density at radius 2 is 1.68 bits per heavy atom. The molecule has 7 nitrogen and oxygen atoms in total. The molecule has 1 aliphatic rings. The van der Waals surface area contributed by atoms with Gasteiger partial charge in [0, 0.05) is 49.2 Å². The number of benzene rings is 3. The van der Waals surface area contributed by atoms with E-state index >= 15 is 0 Å². The lowest BCUT2D eigenvalue weighted by atomic mass is 10.1. The molecule has 4 rings (SSSR count). The number of aryl methyl sites for hydroxylation is 1. The van der Waals surface area contributed by atoms with Gasteiger partial charge in [0.1, 0.15) is 11.6 Å². The van der Waals surface area contributed by atoms with Crippen molar-refractivity contribution in [2.75, 3.05) is 42.9 Å². The van der Waals surface area contributed by atoms with E-state index in [9.17, 15) is 17.6 Å². The fraction of sp³-hybridized carbons (Fsp3) is 0.240. The Balaban J connectivity index is 1.48. The van der Waals surface area contributed by atoms with Crippen LogP contribution in [-0.4, -0.2) is 52.5 Å². The highest BCUT2D eigenvalue weighted by atomic mass is 32.2. The maximum absolute atomic E-state index is 13.3. The van der Waals surface area contributed by atoms with Gasteiger partial charge in [-0.25, -0.2) is 12.8 Å². The van der Waals surface area contributed by atoms with Gasteiger partial charge in [0.15, 0.2) is 0 Å². The summed E-state index contributed by atoms with van der Waals surface area (Å²) < 4.78 is 46.6. The Morgan fingerprint density at radius 3 is 2.35 bits per heavy atom. The second-order valence-corrected chi connectivity index (χ2v) is 9.75. The normalized spacial score (nSPS) is 14.1. The van der Waals surface area contributed by atoms with E-state index in [4.69, 9.17) is 4.74 Å². The molecule has 0 aromatic heterocycles. The third kappa shape index (κ3) is 5.14. The average Bonchev–Trinajstić information content (AvgIpc) is 2.85. The van der Waals surface area contributed by atoms with Gasteiger partial charge in [-0.15, -0.1) is 0 Å². The van der Waals surface area contributed by atoms with Gasteiger partial charge in [0.25, 0.3) is 15.9 Å². The summed E-state index contributed by atoms with van der Waals surface area (Å²) in [6.45, 7) is 4.12. The first-order chi connectivity index (χ1) is 16.3. The monoisotopic (exact) mass is 483 g/mol. The van der Waals surface area contributed by atoms with E-state index in [-0.39, 0.29) is 16.5 Å². The van der Waals surface area contributed by atoms with Crippen molar-refractivity contribution in [3.05, 3.63) is 83.7 Å². The zero-order valence-corrected chi connectivity index (χ0v) is 19.8. The first-order valence-electron chi connectivity index (χ1n) is 10.8. The first-order valence-corrected chi connectivity index (χ1v) is 12.3. The number of nitrogens with one attached hydrogen (secondary N) is 1. The largest absolute Gasteiger partial charge is 0.497 e. The average molecular weight is 484 g/mol. The molecule has 1 amide bonds. The minimum absolute atomic E-state index is 0.0270. The van der Waals surface area contributed by atoms with E-state index in [0.717, 1.165) is 11.4 Å². The van der Waals surface area contributed by atoms with Gasteiger partial charge in [-0.2, -0.15) is 0 Å². The van der Waals surface area contributed by atoms with Gasteiger partial charge >= 0.3 is 0 Å². The number of carbonyl (C=O) groups is 1. The lowest BCUT2D eigenvalue weighted by Gasteiger charge is -2.36. The number of nitrogens with zero attached hydrogens (tertiary/aromatic N) is 2. The van der Waals surface area contributed by atoms with E-state index in [1.807, 2.05) is 24.3 Å². The summed E-state index contributed by atoms with van der Waals surface area (Å²) in [5.41, 5.74) is 2.31. The Labute approximate surface area is 198 Å². The van der Waals surface area contributed by atoms with Crippen LogP contribution in [0.2, 0.25) is 0 Å². The molecule has 1 aliphatic heterocycles. The van der Waals surface area contributed by atoms with Crippen LogP contribution >= 0.6 is 0 Å². The van der Waals surface area contributed by atoms with Crippen molar-refractivity contribution in [1.29, 1.82) is 0 Å². The zero-order valence-electron chi connectivity index (χ0n) is 19.0. The van der Waals surface area contributed by atoms with Crippen molar-refractivity contribution >= 4 is 27.3 Å². The predicted octanol–water partition coefficient (Wildman–Crippen LogP) is 3.91. The van der Waals surface area contributed by atoms with Crippen LogP contribution in [0.4, 0.5) is 15.8 Å². The summed E-state index contributed by atoms with van der Waals surface area (Å²) >= 11 is 0. The van der Waals surface area contributed by atoms with Crippen LogP contribution in [0.5, 0.6) is 5.75 Å². The molecule has 1 N–H and O–H groups in total. The van der Waals surface area contributed by atoms with Crippen molar-refractivity contribution in [3.63, 3.8) is 0 Å². The van der Waals surface area contributed by atoms with Gasteiger partial charge in [-0.3, -0.25) is 9.52 Å². The molecule has 0 unspecified atom stereocenters. The molecule has 0 saturated carbocycles. The van der Waals surface area contributed by atoms with Crippen LogP contribution < -0.4 is 14.4 Å². The number of halogens is 1. The number of piperazine rings is 1. The zero-order chi connectivity index (χ0) is 24.3. The summed E-state index contributed by atoms with van der Waals surface area (Å²) in [7, 11) is -2.32. The van der Waals surface area contributed by atoms with Crippen molar-refractivity contribution in [1.82, 2.24) is 4.90 Å². The number of methoxy groups -OCH3 is 1. The molecule has 0 aliphatic carbocycles. The van der Waals surface area contributed by atoms with Gasteiger partial charge in [0.05, 0.1) is 12.0 Å². The number of amides is 1. The highest BCUT2D eigenvalue weighted by Crippen LogP contribution is 2.24. The predicted molar refractivity (Wildman–Crippen MR) is 129 cm³/mol. The molecular weight excluding hydrogens is 457 g/mol. The molecule has 0 spiro atoms. The summed E-state index contributed by atoms with van der Waals surface area (Å²) in [6.07, 6.45) is 0. The second kappa shape index (κ2) is 9.72. The number of rotatable bonds is 6. The standard InChI is InChI=1S/C25H26FN3O4S/c1-18-6-11-23(34(31,32)27-20-9-7-19(26)8-10-20)17-24(18)25(30)29-14-12-28(13-15-29)21-4-3-5-22(16-21)33-2/h3-11,16-17,27H,12-15H2,1-2H3. The van der Waals surface area contributed by atoms with Crippen LogP contribution in [0.3, 0.4) is 0 Å². The van der Waals surface area contributed by atoms with Crippen LogP contribution in [0, 0.1) is 12.7 Å². The van der Waals surface area contributed by atoms with Crippen LogP contribution in [0.15, 0.2) is 71.6 Å². The molecule has 34 heavy (non-hydrogen) atoms. The minimum Gasteiger partial charge on any atom is -0.497 e. The lowest BCUT2D eigenvalue weighted by molar-refractivity contribution is 0.0745. The molecule has 0 bridgehead atoms. The smallest absolute Gasteiger partial charge is 0.261 e. The summed E-state index contributed by atoms with van der Waals surface area (Å²) in [6, 6.07) is 17.3. The molecule has 3 aromatic carbocycles. The van der Waals surface area contributed by atoms with E-state index in [0.29, 0.717) is 37.3 Å². The molecule has 3 aromatic rings. The van der Waals surface area contributed by atoms with Crippen molar-refractivity contribution in [2.45, 2.75) is 11.8 Å². The lowest BCUT2D eigenvalue weighted by Crippen LogP contribution is -2.49. The number of anilines is 2. The minimum atomic E-state index is -3.94.